The Kier molecular flexibility index (Phi) is 6.17. The van der Waals surface area contributed by atoms with Crippen LogP contribution in [-0.4, -0.2) is 33.7 Å². The van der Waals surface area contributed by atoms with Gasteiger partial charge in [0.2, 0.25) is 0 Å². The molecule has 0 aliphatic rings. The topological polar surface area (TPSA) is 54.0 Å². The van der Waals surface area contributed by atoms with Crippen molar-refractivity contribution in [3.05, 3.63) is 42.0 Å². The highest BCUT2D eigenvalue weighted by Gasteiger charge is 2.07. The molecule has 0 aliphatic heterocycles. The molecule has 23 heavy (non-hydrogen) atoms. The SMILES string of the molecule is COc1ccc(S)cc1OCCOc1cc(C=O)ccc1OC. The van der Waals surface area contributed by atoms with Crippen molar-refractivity contribution in [2.45, 2.75) is 4.90 Å². The van der Waals surface area contributed by atoms with Crippen LogP contribution in [0.25, 0.3) is 0 Å². The third kappa shape index (κ3) is 4.56. The Morgan fingerprint density at radius 3 is 2.00 bits per heavy atom. The van der Waals surface area contributed by atoms with Crippen molar-refractivity contribution in [2.75, 3.05) is 27.4 Å². The molecular weight excluding hydrogens is 316 g/mol. The maximum Gasteiger partial charge on any atom is 0.162 e. The number of carbonyl (C=O) groups is 1. The second kappa shape index (κ2) is 8.33. The summed E-state index contributed by atoms with van der Waals surface area (Å²) in [6.07, 6.45) is 0.756. The third-order valence-corrected chi connectivity index (χ3v) is 3.35. The van der Waals surface area contributed by atoms with Crippen LogP contribution in [0.4, 0.5) is 0 Å². The van der Waals surface area contributed by atoms with Crippen LogP contribution in [0.2, 0.25) is 0 Å². The fourth-order valence-electron chi connectivity index (χ4n) is 1.96. The molecule has 0 bridgehead atoms. The first-order valence-corrected chi connectivity index (χ1v) is 7.38. The Hall–Kier alpha value is -2.34. The average Bonchev–Trinajstić information content (AvgIpc) is 2.58. The van der Waals surface area contributed by atoms with Crippen molar-refractivity contribution < 1.29 is 23.7 Å². The van der Waals surface area contributed by atoms with Gasteiger partial charge in [-0.1, -0.05) is 0 Å². The van der Waals surface area contributed by atoms with E-state index in [-0.39, 0.29) is 0 Å². The van der Waals surface area contributed by atoms with Crippen molar-refractivity contribution in [1.29, 1.82) is 0 Å². The van der Waals surface area contributed by atoms with Gasteiger partial charge in [0, 0.05) is 10.5 Å². The van der Waals surface area contributed by atoms with Gasteiger partial charge in [0.05, 0.1) is 14.2 Å². The van der Waals surface area contributed by atoms with E-state index >= 15 is 0 Å². The van der Waals surface area contributed by atoms with Crippen LogP contribution in [0.3, 0.4) is 0 Å². The zero-order chi connectivity index (χ0) is 16.7. The summed E-state index contributed by atoms with van der Waals surface area (Å²) in [5.74, 6) is 2.28. The monoisotopic (exact) mass is 334 g/mol. The molecule has 0 aliphatic carbocycles. The molecule has 0 unspecified atom stereocenters. The van der Waals surface area contributed by atoms with Gasteiger partial charge in [0.1, 0.15) is 19.5 Å². The van der Waals surface area contributed by atoms with Gasteiger partial charge >= 0.3 is 0 Å². The molecule has 0 heterocycles. The van der Waals surface area contributed by atoms with Gasteiger partial charge in [-0.15, -0.1) is 12.6 Å². The molecule has 2 rings (SSSR count). The largest absolute Gasteiger partial charge is 0.493 e. The molecular formula is C17H18O5S. The number of aldehydes is 1. The molecule has 0 spiro atoms. The summed E-state index contributed by atoms with van der Waals surface area (Å²) in [7, 11) is 3.12. The van der Waals surface area contributed by atoms with Gasteiger partial charge in [0.25, 0.3) is 0 Å². The molecule has 6 heteroatoms. The summed E-state index contributed by atoms with van der Waals surface area (Å²) >= 11 is 4.27. The van der Waals surface area contributed by atoms with E-state index in [1.165, 1.54) is 0 Å². The smallest absolute Gasteiger partial charge is 0.162 e. The first-order chi connectivity index (χ1) is 11.2. The van der Waals surface area contributed by atoms with Crippen LogP contribution < -0.4 is 18.9 Å². The Labute approximate surface area is 140 Å². The van der Waals surface area contributed by atoms with E-state index in [0.29, 0.717) is 41.8 Å². The highest BCUT2D eigenvalue weighted by molar-refractivity contribution is 7.80. The number of rotatable bonds is 8. The Morgan fingerprint density at radius 1 is 0.870 bits per heavy atom. The molecule has 0 fully saturated rings. The van der Waals surface area contributed by atoms with Crippen LogP contribution in [0.15, 0.2) is 41.3 Å². The van der Waals surface area contributed by atoms with E-state index in [0.717, 1.165) is 11.2 Å². The van der Waals surface area contributed by atoms with E-state index in [4.69, 9.17) is 18.9 Å². The van der Waals surface area contributed by atoms with Gasteiger partial charge in [-0.3, -0.25) is 4.79 Å². The predicted octanol–water partition coefficient (Wildman–Crippen LogP) is 3.26. The predicted molar refractivity (Wildman–Crippen MR) is 89.6 cm³/mol. The molecule has 0 amide bonds. The quantitative estimate of drug-likeness (QED) is 0.456. The van der Waals surface area contributed by atoms with Crippen LogP contribution in [0.1, 0.15) is 10.4 Å². The lowest BCUT2D eigenvalue weighted by molar-refractivity contribution is 0.112. The Morgan fingerprint density at radius 2 is 1.43 bits per heavy atom. The van der Waals surface area contributed by atoms with Gasteiger partial charge in [-0.2, -0.15) is 0 Å². The number of hydrogen-bond donors (Lipinski definition) is 1. The zero-order valence-corrected chi connectivity index (χ0v) is 13.8. The van der Waals surface area contributed by atoms with Crippen LogP contribution >= 0.6 is 12.6 Å². The second-order valence-corrected chi connectivity index (χ2v) is 5.08. The zero-order valence-electron chi connectivity index (χ0n) is 12.9. The molecule has 5 nitrogen and oxygen atoms in total. The first kappa shape index (κ1) is 17.0. The minimum atomic E-state index is 0.290. The summed E-state index contributed by atoms with van der Waals surface area (Å²) < 4.78 is 21.7. The number of methoxy groups -OCH3 is 2. The fraction of sp³-hybridized carbons (Fsp3) is 0.235. The highest BCUT2D eigenvalue weighted by atomic mass is 32.1. The van der Waals surface area contributed by atoms with Crippen LogP contribution in [0, 0.1) is 0 Å². The van der Waals surface area contributed by atoms with Gasteiger partial charge < -0.3 is 18.9 Å². The molecule has 122 valence electrons. The summed E-state index contributed by atoms with van der Waals surface area (Å²) in [5, 5.41) is 0. The molecule has 0 aromatic heterocycles. The Balaban J connectivity index is 1.95. The van der Waals surface area contributed by atoms with Crippen molar-refractivity contribution in [3.8, 4) is 23.0 Å². The molecule has 0 radical (unpaired) electrons. The van der Waals surface area contributed by atoms with E-state index in [1.54, 1.807) is 44.6 Å². The first-order valence-electron chi connectivity index (χ1n) is 6.93. The number of ether oxygens (including phenoxy) is 4. The third-order valence-electron chi connectivity index (χ3n) is 3.07. The van der Waals surface area contributed by atoms with Crippen molar-refractivity contribution in [1.82, 2.24) is 0 Å². The van der Waals surface area contributed by atoms with E-state index in [2.05, 4.69) is 12.6 Å². The number of thiol groups is 1. The lowest BCUT2D eigenvalue weighted by atomic mass is 10.2. The Bertz CT molecular complexity index is 672. The van der Waals surface area contributed by atoms with Gasteiger partial charge in [0.15, 0.2) is 23.0 Å². The minimum Gasteiger partial charge on any atom is -0.493 e. The normalized spacial score (nSPS) is 10.0. The maximum absolute atomic E-state index is 10.8. The molecule has 2 aromatic rings. The van der Waals surface area contributed by atoms with Crippen molar-refractivity contribution >= 4 is 18.9 Å². The molecule has 0 saturated heterocycles. The summed E-state index contributed by atoms with van der Waals surface area (Å²) in [6, 6.07) is 10.4. The number of benzene rings is 2. The average molecular weight is 334 g/mol. The number of carbonyl (C=O) groups excluding carboxylic acids is 1. The number of hydrogen-bond acceptors (Lipinski definition) is 6. The summed E-state index contributed by atoms with van der Waals surface area (Å²) in [6.45, 7) is 0.598. The van der Waals surface area contributed by atoms with Crippen molar-refractivity contribution in [3.63, 3.8) is 0 Å². The molecule has 0 atom stereocenters. The summed E-state index contributed by atoms with van der Waals surface area (Å²) in [5.41, 5.74) is 0.520. The van der Waals surface area contributed by atoms with Gasteiger partial charge in [-0.25, -0.2) is 0 Å². The van der Waals surface area contributed by atoms with Gasteiger partial charge in [-0.05, 0) is 36.4 Å². The van der Waals surface area contributed by atoms with Crippen LogP contribution in [-0.2, 0) is 0 Å². The minimum absolute atomic E-state index is 0.290. The standard InChI is InChI=1S/C17H18O5S/c1-19-14-5-3-12(11-18)9-16(14)21-7-8-22-17-10-13(23)4-6-15(17)20-2/h3-6,9-11,23H,7-8H2,1-2H3. The van der Waals surface area contributed by atoms with Crippen LogP contribution in [0.5, 0.6) is 23.0 Å². The van der Waals surface area contributed by atoms with Crippen molar-refractivity contribution in [2.24, 2.45) is 0 Å². The lowest BCUT2D eigenvalue weighted by Crippen LogP contribution is -2.10. The van der Waals surface area contributed by atoms with E-state index in [1.807, 2.05) is 6.07 Å². The molecule has 0 saturated carbocycles. The maximum atomic E-state index is 10.8. The van der Waals surface area contributed by atoms with E-state index < -0.39 is 0 Å². The van der Waals surface area contributed by atoms with E-state index in [9.17, 15) is 4.79 Å². The lowest BCUT2D eigenvalue weighted by Gasteiger charge is -2.13. The highest BCUT2D eigenvalue weighted by Crippen LogP contribution is 2.30. The fourth-order valence-corrected chi connectivity index (χ4v) is 2.15. The molecule has 0 N–H and O–H groups in total. The second-order valence-electron chi connectivity index (χ2n) is 4.56. The molecule has 2 aromatic carbocycles. The summed E-state index contributed by atoms with van der Waals surface area (Å²) in [4.78, 5) is 11.6.